The largest absolute Gasteiger partial charge is 0.481 e. The molecule has 3 heterocycles. The molecule has 1 aromatic rings. The number of nitrogens with one attached hydrogen (secondary N) is 1. The number of carboxylic acids is 1. The number of carbonyl (C=O) groups is 2. The molecular weight excluding hydrogens is 290 g/mol. The monoisotopic (exact) mass is 309 g/mol. The van der Waals surface area contributed by atoms with Crippen molar-refractivity contribution in [1.29, 1.82) is 0 Å². The van der Waals surface area contributed by atoms with Crippen molar-refractivity contribution < 1.29 is 14.7 Å². The highest BCUT2D eigenvalue weighted by Crippen LogP contribution is 2.30. The van der Waals surface area contributed by atoms with Gasteiger partial charge in [-0.05, 0) is 18.8 Å². The molecule has 3 rings (SSSR count). The molecule has 2 aliphatic heterocycles. The lowest BCUT2D eigenvalue weighted by molar-refractivity contribution is -0.137. The predicted octanol–water partition coefficient (Wildman–Crippen LogP) is 1.27. The van der Waals surface area contributed by atoms with E-state index in [1.165, 1.54) is 0 Å². The second-order valence-electron chi connectivity index (χ2n) is 5.72. The molecule has 2 fully saturated rings. The van der Waals surface area contributed by atoms with Gasteiger partial charge in [-0.3, -0.25) is 9.59 Å². The van der Waals surface area contributed by atoms with Gasteiger partial charge < -0.3 is 15.3 Å². The molecule has 21 heavy (non-hydrogen) atoms. The van der Waals surface area contributed by atoms with Crippen LogP contribution in [0, 0.1) is 5.92 Å². The van der Waals surface area contributed by atoms with Gasteiger partial charge >= 0.3 is 5.97 Å². The summed E-state index contributed by atoms with van der Waals surface area (Å²) in [6.07, 6.45) is 3.14. The first kappa shape index (κ1) is 14.3. The van der Waals surface area contributed by atoms with Gasteiger partial charge in [0.1, 0.15) is 0 Å². The summed E-state index contributed by atoms with van der Waals surface area (Å²) >= 11 is 1.58. The number of rotatable bonds is 4. The molecule has 2 aliphatic rings. The third-order valence-electron chi connectivity index (χ3n) is 4.23. The fraction of sp³-hybridized carbons (Fsp3) is 0.643. The van der Waals surface area contributed by atoms with E-state index in [1.807, 2.05) is 5.38 Å². The van der Waals surface area contributed by atoms with E-state index in [0.717, 1.165) is 36.8 Å². The Morgan fingerprint density at radius 2 is 2.38 bits per heavy atom. The number of fused-ring (bicyclic) bond motifs is 1. The van der Waals surface area contributed by atoms with Crippen LogP contribution < -0.4 is 10.2 Å². The fourth-order valence-electron chi connectivity index (χ4n) is 3.08. The first-order valence-electron chi connectivity index (χ1n) is 7.32. The summed E-state index contributed by atoms with van der Waals surface area (Å²) in [4.78, 5) is 28.8. The lowest BCUT2D eigenvalue weighted by Crippen LogP contribution is -2.54. The third-order valence-corrected chi connectivity index (χ3v) is 5.18. The zero-order valence-electron chi connectivity index (χ0n) is 11.7. The van der Waals surface area contributed by atoms with Crippen LogP contribution in [0.25, 0.3) is 0 Å². The maximum absolute atomic E-state index is 11.4. The van der Waals surface area contributed by atoms with Crippen molar-refractivity contribution in [2.75, 3.05) is 18.0 Å². The van der Waals surface area contributed by atoms with Crippen LogP contribution in [0.5, 0.6) is 0 Å². The summed E-state index contributed by atoms with van der Waals surface area (Å²) < 4.78 is 0. The van der Waals surface area contributed by atoms with E-state index in [4.69, 9.17) is 5.11 Å². The standard InChI is InChI=1S/C14H19N3O3S/c18-12-3-1-9-7-17(6-5-11(9)16-12)14-15-10(8-21-14)2-4-13(19)20/h8-9,11H,1-7H2,(H,16,18)(H,19,20). The van der Waals surface area contributed by atoms with E-state index >= 15 is 0 Å². The third kappa shape index (κ3) is 3.34. The first-order chi connectivity index (χ1) is 10.1. The number of thiazole rings is 1. The van der Waals surface area contributed by atoms with Crippen molar-refractivity contribution in [3.05, 3.63) is 11.1 Å². The molecule has 0 aliphatic carbocycles. The van der Waals surface area contributed by atoms with E-state index in [2.05, 4.69) is 15.2 Å². The Balaban J connectivity index is 1.60. The summed E-state index contributed by atoms with van der Waals surface area (Å²) in [5.41, 5.74) is 0.858. The van der Waals surface area contributed by atoms with E-state index < -0.39 is 5.97 Å². The number of aliphatic carboxylic acids is 1. The van der Waals surface area contributed by atoms with Crippen molar-refractivity contribution in [3.8, 4) is 0 Å². The van der Waals surface area contributed by atoms with Crippen molar-refractivity contribution >= 4 is 28.3 Å². The Hall–Kier alpha value is -1.63. The van der Waals surface area contributed by atoms with Gasteiger partial charge in [-0.15, -0.1) is 11.3 Å². The molecule has 0 aromatic carbocycles. The molecule has 1 aromatic heterocycles. The summed E-state index contributed by atoms with van der Waals surface area (Å²) in [5, 5.41) is 14.7. The van der Waals surface area contributed by atoms with Crippen LogP contribution in [0.15, 0.2) is 5.38 Å². The number of amides is 1. The molecule has 7 heteroatoms. The van der Waals surface area contributed by atoms with Crippen molar-refractivity contribution in [2.45, 2.75) is 38.1 Å². The minimum Gasteiger partial charge on any atom is -0.481 e. The number of hydrogen-bond acceptors (Lipinski definition) is 5. The van der Waals surface area contributed by atoms with Crippen LogP contribution in [-0.2, 0) is 16.0 Å². The van der Waals surface area contributed by atoms with Crippen LogP contribution in [0.2, 0.25) is 0 Å². The molecule has 0 bridgehead atoms. The number of hydrogen-bond donors (Lipinski definition) is 2. The first-order valence-corrected chi connectivity index (χ1v) is 8.20. The predicted molar refractivity (Wildman–Crippen MR) is 79.6 cm³/mol. The maximum Gasteiger partial charge on any atom is 0.303 e. The highest BCUT2D eigenvalue weighted by Gasteiger charge is 2.34. The smallest absolute Gasteiger partial charge is 0.303 e. The van der Waals surface area contributed by atoms with Gasteiger partial charge in [0.2, 0.25) is 5.91 Å². The molecule has 2 atom stereocenters. The number of carbonyl (C=O) groups excluding carboxylic acids is 1. The number of carboxylic acid groups (broad SMARTS) is 1. The van der Waals surface area contributed by atoms with Gasteiger partial charge in [-0.1, -0.05) is 0 Å². The number of aromatic nitrogens is 1. The van der Waals surface area contributed by atoms with Crippen LogP contribution in [0.3, 0.4) is 0 Å². The van der Waals surface area contributed by atoms with Crippen molar-refractivity contribution in [3.63, 3.8) is 0 Å². The summed E-state index contributed by atoms with van der Waals surface area (Å²) in [5.74, 6) is -0.110. The highest BCUT2D eigenvalue weighted by atomic mass is 32.1. The van der Waals surface area contributed by atoms with Gasteiger partial charge in [0.15, 0.2) is 5.13 Å². The van der Waals surface area contributed by atoms with E-state index in [1.54, 1.807) is 11.3 Å². The second kappa shape index (κ2) is 6.01. The SMILES string of the molecule is O=C(O)CCc1csc(N2CCC3NC(=O)CCC3C2)n1. The number of piperidine rings is 2. The normalized spacial score (nSPS) is 25.3. The molecular formula is C14H19N3O3S. The van der Waals surface area contributed by atoms with Gasteiger partial charge in [-0.2, -0.15) is 0 Å². The van der Waals surface area contributed by atoms with Gasteiger partial charge in [0, 0.05) is 37.4 Å². The van der Waals surface area contributed by atoms with E-state index in [9.17, 15) is 9.59 Å². The maximum atomic E-state index is 11.4. The molecule has 2 N–H and O–H groups in total. The number of aryl methyl sites for hydroxylation is 1. The average molecular weight is 309 g/mol. The minimum absolute atomic E-state index is 0.125. The summed E-state index contributed by atoms with van der Waals surface area (Å²) in [7, 11) is 0. The molecule has 0 saturated carbocycles. The van der Waals surface area contributed by atoms with Crippen molar-refractivity contribution in [2.24, 2.45) is 5.92 Å². The zero-order chi connectivity index (χ0) is 14.8. The topological polar surface area (TPSA) is 82.5 Å². The Morgan fingerprint density at radius 1 is 1.52 bits per heavy atom. The molecule has 114 valence electrons. The van der Waals surface area contributed by atoms with Gasteiger partial charge in [0.25, 0.3) is 0 Å². The van der Waals surface area contributed by atoms with Crippen LogP contribution in [0.1, 0.15) is 31.4 Å². The van der Waals surface area contributed by atoms with Crippen LogP contribution >= 0.6 is 11.3 Å². The lowest BCUT2D eigenvalue weighted by atomic mass is 9.85. The quantitative estimate of drug-likeness (QED) is 0.875. The Morgan fingerprint density at radius 3 is 3.19 bits per heavy atom. The summed E-state index contributed by atoms with van der Waals surface area (Å²) in [6, 6.07) is 0.314. The van der Waals surface area contributed by atoms with Gasteiger partial charge in [-0.25, -0.2) is 4.98 Å². The minimum atomic E-state index is -0.789. The van der Waals surface area contributed by atoms with Crippen LogP contribution in [-0.4, -0.2) is 41.1 Å². The second-order valence-corrected chi connectivity index (χ2v) is 6.56. The molecule has 2 saturated heterocycles. The molecule has 2 unspecified atom stereocenters. The highest BCUT2D eigenvalue weighted by molar-refractivity contribution is 7.13. The van der Waals surface area contributed by atoms with E-state index in [-0.39, 0.29) is 12.3 Å². The zero-order valence-corrected chi connectivity index (χ0v) is 12.6. The van der Waals surface area contributed by atoms with E-state index in [0.29, 0.717) is 24.8 Å². The Labute approximate surface area is 127 Å². The molecule has 0 radical (unpaired) electrons. The van der Waals surface area contributed by atoms with Crippen LogP contribution in [0.4, 0.5) is 5.13 Å². The molecule has 1 amide bonds. The average Bonchev–Trinajstić information content (AvgIpc) is 2.93. The Kier molecular flexibility index (Phi) is 4.10. The Bertz CT molecular complexity index is 545. The number of anilines is 1. The fourth-order valence-corrected chi connectivity index (χ4v) is 3.97. The molecule has 0 spiro atoms. The van der Waals surface area contributed by atoms with Crippen molar-refractivity contribution in [1.82, 2.24) is 10.3 Å². The van der Waals surface area contributed by atoms with Gasteiger partial charge in [0.05, 0.1) is 12.1 Å². The molecule has 6 nitrogen and oxygen atoms in total. The lowest BCUT2D eigenvalue weighted by Gasteiger charge is -2.41. The number of nitrogens with zero attached hydrogens (tertiary/aromatic N) is 2. The summed E-state index contributed by atoms with van der Waals surface area (Å²) in [6.45, 7) is 1.82.